The maximum absolute atomic E-state index is 6.14. The van der Waals surface area contributed by atoms with Crippen LogP contribution in [-0.4, -0.2) is 19.8 Å². The van der Waals surface area contributed by atoms with E-state index in [9.17, 15) is 0 Å². The Labute approximate surface area is 134 Å². The number of nitrogens with zero attached hydrogens (tertiary/aromatic N) is 2. The predicted octanol–water partition coefficient (Wildman–Crippen LogP) is 4.14. The maximum atomic E-state index is 6.14. The average Bonchev–Trinajstić information content (AvgIpc) is 2.43. The van der Waals surface area contributed by atoms with E-state index in [1.807, 2.05) is 32.3 Å². The largest absolute Gasteiger partial charge is 0.377 e. The van der Waals surface area contributed by atoms with Crippen molar-refractivity contribution in [3.8, 4) is 0 Å². The number of pyridine rings is 1. The molecule has 0 amide bonds. The molecule has 5 heteroatoms. The number of aryl methyl sites for hydroxylation is 1. The van der Waals surface area contributed by atoms with Crippen LogP contribution in [0.3, 0.4) is 0 Å². The van der Waals surface area contributed by atoms with E-state index in [0.29, 0.717) is 0 Å². The summed E-state index contributed by atoms with van der Waals surface area (Å²) in [5, 5.41) is 1.48. The first-order valence-electron chi connectivity index (χ1n) is 6.30. The SMILES string of the molecule is CN(C)c1cc[n+](CCSc2cc(Cl)ccc2Cl)cc1. The molecule has 0 aliphatic heterocycles. The smallest absolute Gasteiger partial charge is 0.170 e. The summed E-state index contributed by atoms with van der Waals surface area (Å²) in [7, 11) is 4.08. The highest BCUT2D eigenvalue weighted by Gasteiger charge is 2.05. The van der Waals surface area contributed by atoms with Crippen molar-refractivity contribution in [1.29, 1.82) is 0 Å². The van der Waals surface area contributed by atoms with E-state index >= 15 is 0 Å². The molecule has 1 aromatic heterocycles. The quantitative estimate of drug-likeness (QED) is 0.602. The number of hydrogen-bond donors (Lipinski definition) is 0. The van der Waals surface area contributed by atoms with Gasteiger partial charge >= 0.3 is 0 Å². The van der Waals surface area contributed by atoms with Crippen LogP contribution in [0, 0.1) is 0 Å². The molecule has 0 fully saturated rings. The third-order valence-corrected chi connectivity index (χ3v) is 4.60. The number of halogens is 2. The molecule has 1 heterocycles. The number of hydrogen-bond acceptors (Lipinski definition) is 2. The van der Waals surface area contributed by atoms with Crippen LogP contribution in [0.15, 0.2) is 47.6 Å². The van der Waals surface area contributed by atoms with Gasteiger partial charge in [0.25, 0.3) is 0 Å². The number of thioether (sulfide) groups is 1. The molecule has 20 heavy (non-hydrogen) atoms. The Morgan fingerprint density at radius 3 is 2.45 bits per heavy atom. The number of benzene rings is 1. The summed E-state index contributed by atoms with van der Waals surface area (Å²) in [6.45, 7) is 0.932. The van der Waals surface area contributed by atoms with Gasteiger partial charge in [-0.25, -0.2) is 4.57 Å². The molecule has 0 radical (unpaired) electrons. The first-order chi connectivity index (χ1) is 9.56. The third-order valence-electron chi connectivity index (χ3n) is 2.89. The Morgan fingerprint density at radius 1 is 1.10 bits per heavy atom. The van der Waals surface area contributed by atoms with Gasteiger partial charge in [0.1, 0.15) is 0 Å². The molecule has 0 aliphatic rings. The van der Waals surface area contributed by atoms with E-state index in [2.05, 4.69) is 34.0 Å². The Hall–Kier alpha value is -0.900. The van der Waals surface area contributed by atoms with Crippen LogP contribution in [0.4, 0.5) is 5.69 Å². The minimum atomic E-state index is 0.722. The highest BCUT2D eigenvalue weighted by Crippen LogP contribution is 2.29. The number of anilines is 1. The third kappa shape index (κ3) is 4.30. The van der Waals surface area contributed by atoms with Crippen LogP contribution in [0.1, 0.15) is 0 Å². The van der Waals surface area contributed by atoms with Crippen molar-refractivity contribution in [2.75, 3.05) is 24.7 Å². The van der Waals surface area contributed by atoms with Gasteiger partial charge in [-0.3, -0.25) is 0 Å². The van der Waals surface area contributed by atoms with E-state index in [1.165, 1.54) is 5.69 Å². The normalized spacial score (nSPS) is 10.6. The van der Waals surface area contributed by atoms with Gasteiger partial charge in [-0.2, -0.15) is 0 Å². The molecule has 2 nitrogen and oxygen atoms in total. The van der Waals surface area contributed by atoms with Gasteiger partial charge in [0.15, 0.2) is 18.9 Å². The van der Waals surface area contributed by atoms with Gasteiger partial charge in [0.2, 0.25) is 0 Å². The van der Waals surface area contributed by atoms with E-state index in [1.54, 1.807) is 11.8 Å². The fourth-order valence-electron chi connectivity index (χ4n) is 1.75. The lowest BCUT2D eigenvalue weighted by atomic mass is 10.4. The molecular formula is C15H17Cl2N2S+. The van der Waals surface area contributed by atoms with Gasteiger partial charge < -0.3 is 4.90 Å². The van der Waals surface area contributed by atoms with Crippen LogP contribution in [-0.2, 0) is 6.54 Å². The van der Waals surface area contributed by atoms with Crippen molar-refractivity contribution in [1.82, 2.24) is 0 Å². The lowest BCUT2D eigenvalue weighted by Gasteiger charge is -2.10. The Kier molecular flexibility index (Phi) is 5.58. The Balaban J connectivity index is 1.91. The highest BCUT2D eigenvalue weighted by molar-refractivity contribution is 7.99. The van der Waals surface area contributed by atoms with Crippen LogP contribution in [0.5, 0.6) is 0 Å². The molecule has 0 saturated heterocycles. The molecule has 106 valence electrons. The summed E-state index contributed by atoms with van der Waals surface area (Å²) in [6, 6.07) is 9.77. The van der Waals surface area contributed by atoms with Crippen LogP contribution in [0.25, 0.3) is 0 Å². The molecular weight excluding hydrogens is 311 g/mol. The molecule has 2 rings (SSSR count). The Morgan fingerprint density at radius 2 is 1.80 bits per heavy atom. The van der Waals surface area contributed by atoms with Gasteiger partial charge in [0.05, 0.1) is 10.8 Å². The average molecular weight is 328 g/mol. The van der Waals surface area contributed by atoms with Crippen molar-refractivity contribution in [2.24, 2.45) is 0 Å². The second-order valence-corrected chi connectivity index (χ2v) is 6.59. The first kappa shape index (κ1) is 15.5. The molecule has 0 spiro atoms. The van der Waals surface area contributed by atoms with Gasteiger partial charge in [0, 0.05) is 41.8 Å². The monoisotopic (exact) mass is 327 g/mol. The lowest BCUT2D eigenvalue weighted by molar-refractivity contribution is -0.692. The Bertz CT molecular complexity index is 571. The second-order valence-electron chi connectivity index (χ2n) is 4.61. The highest BCUT2D eigenvalue weighted by atomic mass is 35.5. The maximum Gasteiger partial charge on any atom is 0.170 e. The van der Waals surface area contributed by atoms with E-state index in [4.69, 9.17) is 23.2 Å². The summed E-state index contributed by atoms with van der Waals surface area (Å²) in [4.78, 5) is 3.12. The zero-order valence-corrected chi connectivity index (χ0v) is 13.8. The van der Waals surface area contributed by atoms with E-state index in [0.717, 1.165) is 27.2 Å². The summed E-state index contributed by atoms with van der Waals surface area (Å²) in [5.74, 6) is 0.950. The van der Waals surface area contributed by atoms with Crippen LogP contribution in [0.2, 0.25) is 10.0 Å². The number of rotatable bonds is 5. The minimum Gasteiger partial charge on any atom is -0.377 e. The molecule has 0 atom stereocenters. The summed E-state index contributed by atoms with van der Waals surface area (Å²) >= 11 is 13.8. The van der Waals surface area contributed by atoms with Crippen molar-refractivity contribution in [2.45, 2.75) is 11.4 Å². The molecule has 0 unspecified atom stereocenters. The van der Waals surface area contributed by atoms with Gasteiger partial charge in [-0.1, -0.05) is 23.2 Å². The minimum absolute atomic E-state index is 0.722. The molecule has 0 aliphatic carbocycles. The van der Waals surface area contributed by atoms with Crippen LogP contribution < -0.4 is 9.47 Å². The fraction of sp³-hybridized carbons (Fsp3) is 0.267. The zero-order chi connectivity index (χ0) is 14.5. The predicted molar refractivity (Wildman–Crippen MR) is 88.2 cm³/mol. The fourth-order valence-corrected chi connectivity index (χ4v) is 3.20. The zero-order valence-electron chi connectivity index (χ0n) is 11.5. The molecule has 0 saturated carbocycles. The first-order valence-corrected chi connectivity index (χ1v) is 8.05. The van der Waals surface area contributed by atoms with Crippen molar-refractivity contribution in [3.63, 3.8) is 0 Å². The standard InChI is InChI=1S/C15H17Cl2N2S/c1-18(2)13-5-7-19(8-6-13)9-10-20-15-11-12(16)3-4-14(15)17/h3-8,11H,9-10H2,1-2H3/q+1. The van der Waals surface area contributed by atoms with Crippen LogP contribution >= 0.6 is 35.0 Å². The lowest BCUT2D eigenvalue weighted by Crippen LogP contribution is -2.34. The molecule has 2 aromatic rings. The summed E-state index contributed by atoms with van der Waals surface area (Å²) in [5.41, 5.74) is 1.20. The number of aromatic nitrogens is 1. The van der Waals surface area contributed by atoms with E-state index < -0.39 is 0 Å². The van der Waals surface area contributed by atoms with Crippen molar-refractivity contribution < 1.29 is 4.57 Å². The molecule has 1 aromatic carbocycles. The molecule has 0 bridgehead atoms. The van der Waals surface area contributed by atoms with Gasteiger partial charge in [-0.05, 0) is 18.2 Å². The summed E-state index contributed by atoms with van der Waals surface area (Å²) < 4.78 is 2.17. The summed E-state index contributed by atoms with van der Waals surface area (Å²) in [6.07, 6.45) is 4.19. The second kappa shape index (κ2) is 7.21. The van der Waals surface area contributed by atoms with Crippen molar-refractivity contribution in [3.05, 3.63) is 52.8 Å². The van der Waals surface area contributed by atoms with Gasteiger partial charge in [-0.15, -0.1) is 11.8 Å². The van der Waals surface area contributed by atoms with Crippen molar-refractivity contribution >= 4 is 40.7 Å². The topological polar surface area (TPSA) is 7.12 Å². The van der Waals surface area contributed by atoms with E-state index in [-0.39, 0.29) is 0 Å². The molecule has 0 N–H and O–H groups in total.